The van der Waals surface area contributed by atoms with Crippen LogP contribution in [-0.2, 0) is 0 Å². The van der Waals surface area contributed by atoms with Gasteiger partial charge in [0, 0.05) is 16.5 Å². The van der Waals surface area contributed by atoms with Crippen LogP contribution >= 0.6 is 0 Å². The van der Waals surface area contributed by atoms with Gasteiger partial charge in [0.1, 0.15) is 22.7 Å². The number of Topliss-reactive ketones (excluding diaryl/α,β-unsaturated/α-hetero) is 1. The van der Waals surface area contributed by atoms with E-state index >= 15 is 0 Å². The number of hydrogen-bond donors (Lipinski definition) is 1. The van der Waals surface area contributed by atoms with E-state index in [4.69, 9.17) is 4.42 Å². The lowest BCUT2D eigenvalue weighted by molar-refractivity contribution is 0.105. The number of hydrogen-bond acceptors (Lipinski definition) is 3. The second kappa shape index (κ2) is 3.84. The molecule has 2 aromatic carbocycles. The number of aliphatic hydroxyl groups is 1. The van der Waals surface area contributed by atoms with Crippen molar-refractivity contribution in [3.63, 3.8) is 0 Å². The highest BCUT2D eigenvalue weighted by molar-refractivity contribution is 6.38. The highest BCUT2D eigenvalue weighted by Gasteiger charge is 2.32. The van der Waals surface area contributed by atoms with Crippen LogP contribution in [0, 0.1) is 0 Å². The largest absolute Gasteiger partial charge is 0.506 e. The fourth-order valence-electron chi connectivity index (χ4n) is 2.60. The highest BCUT2D eigenvalue weighted by Crippen LogP contribution is 2.38. The average Bonchev–Trinajstić information content (AvgIpc) is 3.00. The second-order valence-corrected chi connectivity index (χ2v) is 4.75. The SMILES string of the molecule is O=C1C(c2cc3ccccc3o2)=C(O)c2ccccc21. The number of furan rings is 1. The number of carbonyl (C=O) groups excluding carboxylic acids is 1. The molecule has 0 atom stereocenters. The van der Waals surface area contributed by atoms with Crippen LogP contribution in [-0.4, -0.2) is 10.9 Å². The van der Waals surface area contributed by atoms with E-state index in [1.54, 1.807) is 30.3 Å². The van der Waals surface area contributed by atoms with E-state index in [0.29, 0.717) is 22.5 Å². The summed E-state index contributed by atoms with van der Waals surface area (Å²) in [4.78, 5) is 12.4. The first-order chi connectivity index (χ1) is 9.75. The van der Waals surface area contributed by atoms with E-state index < -0.39 is 0 Å². The van der Waals surface area contributed by atoms with Gasteiger partial charge >= 0.3 is 0 Å². The Balaban J connectivity index is 1.95. The lowest BCUT2D eigenvalue weighted by Crippen LogP contribution is -1.96. The quantitative estimate of drug-likeness (QED) is 0.719. The highest BCUT2D eigenvalue weighted by atomic mass is 16.3. The van der Waals surface area contributed by atoms with Gasteiger partial charge in [-0.05, 0) is 12.1 Å². The maximum Gasteiger partial charge on any atom is 0.201 e. The summed E-state index contributed by atoms with van der Waals surface area (Å²) in [5.74, 6) is 0.201. The first kappa shape index (κ1) is 11.1. The molecule has 1 heterocycles. The number of aliphatic hydroxyl groups excluding tert-OH is 1. The Morgan fingerprint density at radius 3 is 2.35 bits per heavy atom. The van der Waals surface area contributed by atoms with Gasteiger partial charge in [-0.2, -0.15) is 0 Å². The van der Waals surface area contributed by atoms with Crippen LogP contribution in [0.1, 0.15) is 21.7 Å². The fraction of sp³-hybridized carbons (Fsp3) is 0. The molecule has 4 rings (SSSR count). The van der Waals surface area contributed by atoms with Crippen molar-refractivity contribution in [1.82, 2.24) is 0 Å². The van der Waals surface area contributed by atoms with Crippen molar-refractivity contribution in [3.05, 3.63) is 71.5 Å². The third-order valence-corrected chi connectivity index (χ3v) is 3.56. The minimum Gasteiger partial charge on any atom is -0.506 e. The van der Waals surface area contributed by atoms with Gasteiger partial charge in [0.25, 0.3) is 0 Å². The maximum atomic E-state index is 12.4. The molecular formula is C17H10O3. The van der Waals surface area contributed by atoms with Crippen molar-refractivity contribution in [1.29, 1.82) is 0 Å². The number of allylic oxidation sites excluding steroid dienone is 1. The summed E-state index contributed by atoms with van der Waals surface area (Å²) < 4.78 is 5.69. The van der Waals surface area contributed by atoms with E-state index in [0.717, 1.165) is 5.39 Å². The molecule has 20 heavy (non-hydrogen) atoms. The molecule has 0 fully saturated rings. The van der Waals surface area contributed by atoms with Gasteiger partial charge in [-0.25, -0.2) is 0 Å². The molecule has 1 N–H and O–H groups in total. The van der Waals surface area contributed by atoms with E-state index in [1.807, 2.05) is 24.3 Å². The van der Waals surface area contributed by atoms with E-state index in [9.17, 15) is 9.90 Å². The molecular weight excluding hydrogens is 252 g/mol. The summed E-state index contributed by atoms with van der Waals surface area (Å²) >= 11 is 0. The summed E-state index contributed by atoms with van der Waals surface area (Å²) in [7, 11) is 0. The molecule has 0 bridgehead atoms. The molecule has 0 unspecified atom stereocenters. The second-order valence-electron chi connectivity index (χ2n) is 4.75. The Hall–Kier alpha value is -2.81. The van der Waals surface area contributed by atoms with Crippen LogP contribution in [0.25, 0.3) is 22.3 Å². The number of benzene rings is 2. The zero-order valence-electron chi connectivity index (χ0n) is 10.5. The van der Waals surface area contributed by atoms with Crippen molar-refractivity contribution in [2.75, 3.05) is 0 Å². The van der Waals surface area contributed by atoms with Crippen LogP contribution in [0.3, 0.4) is 0 Å². The van der Waals surface area contributed by atoms with Crippen LogP contribution in [0.2, 0.25) is 0 Å². The average molecular weight is 262 g/mol. The topological polar surface area (TPSA) is 50.4 Å². The Morgan fingerprint density at radius 2 is 1.60 bits per heavy atom. The van der Waals surface area contributed by atoms with E-state index in [1.165, 1.54) is 0 Å². The minimum absolute atomic E-state index is 0.00958. The minimum atomic E-state index is -0.197. The molecule has 0 saturated heterocycles. The molecule has 1 aliphatic rings. The summed E-state index contributed by atoms with van der Waals surface area (Å²) in [6.45, 7) is 0. The predicted octanol–water partition coefficient (Wildman–Crippen LogP) is 4.06. The summed E-state index contributed by atoms with van der Waals surface area (Å²) in [5, 5.41) is 11.2. The van der Waals surface area contributed by atoms with E-state index in [-0.39, 0.29) is 17.1 Å². The van der Waals surface area contributed by atoms with Crippen molar-refractivity contribution < 1.29 is 14.3 Å². The molecule has 0 amide bonds. The van der Waals surface area contributed by atoms with Crippen molar-refractivity contribution in [2.24, 2.45) is 0 Å². The number of para-hydroxylation sites is 1. The molecule has 96 valence electrons. The zero-order chi connectivity index (χ0) is 13.7. The number of ketones is 1. The molecule has 1 aromatic heterocycles. The zero-order valence-corrected chi connectivity index (χ0v) is 10.5. The maximum absolute atomic E-state index is 12.4. The van der Waals surface area contributed by atoms with Crippen molar-refractivity contribution in [3.8, 4) is 0 Å². The Labute approximate surface area is 114 Å². The van der Waals surface area contributed by atoms with Gasteiger partial charge in [-0.15, -0.1) is 0 Å². The first-order valence-electron chi connectivity index (χ1n) is 6.32. The standard InChI is InChI=1S/C17H10O3/c18-16-11-6-2-3-7-12(11)17(19)15(16)14-9-10-5-1-4-8-13(10)20-14/h1-9,18H. The summed E-state index contributed by atoms with van der Waals surface area (Å²) in [6, 6.07) is 16.3. The molecule has 0 aliphatic heterocycles. The van der Waals surface area contributed by atoms with Gasteiger partial charge in [0.15, 0.2) is 0 Å². The molecule has 3 nitrogen and oxygen atoms in total. The molecule has 0 spiro atoms. The van der Waals surface area contributed by atoms with E-state index in [2.05, 4.69) is 0 Å². The monoisotopic (exact) mass is 262 g/mol. The molecule has 3 aromatic rings. The van der Waals surface area contributed by atoms with Gasteiger partial charge in [0.05, 0.1) is 0 Å². The van der Waals surface area contributed by atoms with Gasteiger partial charge in [0.2, 0.25) is 5.78 Å². The first-order valence-corrected chi connectivity index (χ1v) is 6.32. The predicted molar refractivity (Wildman–Crippen MR) is 76.4 cm³/mol. The third-order valence-electron chi connectivity index (χ3n) is 3.56. The van der Waals surface area contributed by atoms with Gasteiger partial charge in [-0.3, -0.25) is 4.79 Å². The molecule has 0 radical (unpaired) electrons. The third kappa shape index (κ3) is 1.37. The molecule has 0 saturated carbocycles. The smallest absolute Gasteiger partial charge is 0.201 e. The molecule has 1 aliphatic carbocycles. The Kier molecular flexibility index (Phi) is 2.12. The summed E-state index contributed by atoms with van der Waals surface area (Å²) in [5.41, 5.74) is 2.02. The number of rotatable bonds is 1. The molecule has 3 heteroatoms. The van der Waals surface area contributed by atoms with Gasteiger partial charge in [-0.1, -0.05) is 42.5 Å². The van der Waals surface area contributed by atoms with Crippen LogP contribution < -0.4 is 0 Å². The summed E-state index contributed by atoms with van der Waals surface area (Å²) in [6.07, 6.45) is 0. The van der Waals surface area contributed by atoms with Crippen LogP contribution in [0.4, 0.5) is 0 Å². The lowest BCUT2D eigenvalue weighted by Gasteiger charge is -1.96. The fourth-order valence-corrected chi connectivity index (χ4v) is 2.60. The van der Waals surface area contributed by atoms with Crippen molar-refractivity contribution in [2.45, 2.75) is 0 Å². The van der Waals surface area contributed by atoms with Gasteiger partial charge < -0.3 is 9.52 Å². The Morgan fingerprint density at radius 1 is 0.900 bits per heavy atom. The van der Waals surface area contributed by atoms with Crippen molar-refractivity contribution >= 4 is 28.1 Å². The normalized spacial score (nSPS) is 14.1. The number of fused-ring (bicyclic) bond motifs is 2. The van der Waals surface area contributed by atoms with Crippen LogP contribution in [0.15, 0.2) is 59.0 Å². The van der Waals surface area contributed by atoms with Crippen LogP contribution in [0.5, 0.6) is 0 Å². The lowest BCUT2D eigenvalue weighted by atomic mass is 10.1. The Bertz CT molecular complexity index is 851. The number of carbonyl (C=O) groups is 1.